The molecule has 1 saturated heterocycles. The molecule has 3 nitrogen and oxygen atoms in total. The molecular formula is C15H17Cl2FN2O. The van der Waals surface area contributed by atoms with E-state index < -0.39 is 5.82 Å². The van der Waals surface area contributed by atoms with Crippen molar-refractivity contribution in [3.05, 3.63) is 28.8 Å². The number of aromatic nitrogens is 2. The van der Waals surface area contributed by atoms with Gasteiger partial charge in [0.25, 0.3) is 0 Å². The molecule has 0 N–H and O–H groups in total. The molecule has 3 rings (SSSR count). The highest BCUT2D eigenvalue weighted by molar-refractivity contribution is 6.31. The van der Waals surface area contributed by atoms with Crippen LogP contribution in [0, 0.1) is 11.7 Å². The summed E-state index contributed by atoms with van der Waals surface area (Å²) in [5.41, 5.74) is 1.53. The molecule has 0 spiro atoms. The minimum Gasteiger partial charge on any atom is -0.381 e. The van der Waals surface area contributed by atoms with Crippen LogP contribution in [-0.4, -0.2) is 28.6 Å². The second-order valence-electron chi connectivity index (χ2n) is 5.39. The largest absolute Gasteiger partial charge is 0.381 e. The van der Waals surface area contributed by atoms with Crippen LogP contribution in [-0.2, 0) is 17.7 Å². The van der Waals surface area contributed by atoms with Crippen LogP contribution in [0.15, 0.2) is 12.1 Å². The van der Waals surface area contributed by atoms with Gasteiger partial charge in [-0.05, 0) is 24.8 Å². The van der Waals surface area contributed by atoms with Gasteiger partial charge in [-0.1, -0.05) is 11.6 Å². The number of fused-ring (bicyclic) bond motifs is 1. The zero-order valence-electron chi connectivity index (χ0n) is 11.6. The number of imidazole rings is 1. The van der Waals surface area contributed by atoms with Gasteiger partial charge in [0.05, 0.1) is 16.1 Å². The first-order valence-electron chi connectivity index (χ1n) is 7.17. The minimum absolute atomic E-state index is 0.132. The Hall–Kier alpha value is -0.840. The van der Waals surface area contributed by atoms with Gasteiger partial charge in [-0.15, -0.1) is 11.6 Å². The van der Waals surface area contributed by atoms with Crippen LogP contribution in [0.1, 0.15) is 18.7 Å². The molecule has 0 saturated carbocycles. The maximum absolute atomic E-state index is 13.6. The fraction of sp³-hybridized carbons (Fsp3) is 0.533. The third-order valence-electron chi connectivity index (χ3n) is 3.97. The van der Waals surface area contributed by atoms with E-state index in [1.54, 1.807) is 6.07 Å². The summed E-state index contributed by atoms with van der Waals surface area (Å²) in [6, 6.07) is 3.06. The van der Waals surface area contributed by atoms with Gasteiger partial charge in [0.1, 0.15) is 11.6 Å². The van der Waals surface area contributed by atoms with Crippen LogP contribution < -0.4 is 0 Å². The van der Waals surface area contributed by atoms with E-state index in [4.69, 9.17) is 27.9 Å². The molecule has 0 amide bonds. The van der Waals surface area contributed by atoms with E-state index in [2.05, 4.69) is 9.55 Å². The lowest BCUT2D eigenvalue weighted by atomic mass is 10.0. The summed E-state index contributed by atoms with van der Waals surface area (Å²) in [5.74, 6) is 1.51. The molecule has 0 aliphatic carbocycles. The average Bonchev–Trinajstić information content (AvgIpc) is 2.79. The van der Waals surface area contributed by atoms with Crippen molar-refractivity contribution in [2.24, 2.45) is 5.92 Å². The number of nitrogens with zero attached hydrogens (tertiary/aromatic N) is 2. The van der Waals surface area contributed by atoms with Gasteiger partial charge in [0, 0.05) is 38.1 Å². The van der Waals surface area contributed by atoms with Gasteiger partial charge >= 0.3 is 0 Å². The molecule has 1 aliphatic heterocycles. The van der Waals surface area contributed by atoms with Gasteiger partial charge in [-0.3, -0.25) is 0 Å². The molecule has 114 valence electrons. The van der Waals surface area contributed by atoms with E-state index in [9.17, 15) is 4.39 Å². The molecular weight excluding hydrogens is 314 g/mol. The van der Waals surface area contributed by atoms with Gasteiger partial charge in [0.2, 0.25) is 0 Å². The first-order chi connectivity index (χ1) is 10.2. The lowest BCUT2D eigenvalue weighted by molar-refractivity contribution is 0.0613. The molecule has 0 unspecified atom stereocenters. The van der Waals surface area contributed by atoms with Crippen LogP contribution >= 0.6 is 23.2 Å². The van der Waals surface area contributed by atoms with E-state index in [1.165, 1.54) is 6.07 Å². The standard InChI is InChI=1S/C15H17Cl2FN2O/c16-4-1-15-19-13-8-12(18)11(17)7-14(13)20(15)9-10-2-5-21-6-3-10/h7-8,10H,1-6,9H2. The molecule has 1 aliphatic rings. The minimum atomic E-state index is -0.433. The molecule has 21 heavy (non-hydrogen) atoms. The Morgan fingerprint density at radius 2 is 2.10 bits per heavy atom. The van der Waals surface area contributed by atoms with E-state index in [0.717, 1.165) is 43.9 Å². The third kappa shape index (κ3) is 3.17. The second-order valence-corrected chi connectivity index (χ2v) is 6.17. The second kappa shape index (κ2) is 6.51. The van der Waals surface area contributed by atoms with Crippen molar-refractivity contribution >= 4 is 34.2 Å². The number of ether oxygens (including phenoxy) is 1. The highest BCUT2D eigenvalue weighted by Gasteiger charge is 2.19. The van der Waals surface area contributed by atoms with E-state index in [1.807, 2.05) is 0 Å². The Bertz CT molecular complexity index is 638. The number of hydrogen-bond donors (Lipinski definition) is 0. The maximum Gasteiger partial charge on any atom is 0.144 e. The molecule has 0 atom stereocenters. The quantitative estimate of drug-likeness (QED) is 0.791. The van der Waals surface area contributed by atoms with Gasteiger partial charge < -0.3 is 9.30 Å². The van der Waals surface area contributed by atoms with E-state index in [-0.39, 0.29) is 5.02 Å². The first kappa shape index (κ1) is 15.1. The highest BCUT2D eigenvalue weighted by Crippen LogP contribution is 2.27. The highest BCUT2D eigenvalue weighted by atomic mass is 35.5. The Morgan fingerprint density at radius 1 is 1.33 bits per heavy atom. The van der Waals surface area contributed by atoms with Gasteiger partial charge in [-0.2, -0.15) is 0 Å². The number of rotatable bonds is 4. The van der Waals surface area contributed by atoms with Crippen molar-refractivity contribution in [2.75, 3.05) is 19.1 Å². The number of halogens is 3. The molecule has 1 aromatic carbocycles. The lowest BCUT2D eigenvalue weighted by Crippen LogP contribution is -2.21. The van der Waals surface area contributed by atoms with E-state index >= 15 is 0 Å². The maximum atomic E-state index is 13.6. The summed E-state index contributed by atoms with van der Waals surface area (Å²) in [5, 5.41) is 0.132. The number of hydrogen-bond acceptors (Lipinski definition) is 2. The summed E-state index contributed by atoms with van der Waals surface area (Å²) in [6.07, 6.45) is 2.74. The molecule has 2 heterocycles. The topological polar surface area (TPSA) is 27.1 Å². The van der Waals surface area contributed by atoms with Gasteiger partial charge in [-0.25, -0.2) is 9.37 Å². The third-order valence-corrected chi connectivity index (χ3v) is 4.45. The van der Waals surface area contributed by atoms with Crippen LogP contribution in [0.4, 0.5) is 4.39 Å². The van der Waals surface area contributed by atoms with Crippen molar-refractivity contribution < 1.29 is 9.13 Å². The summed E-state index contributed by atoms with van der Waals surface area (Å²) >= 11 is 11.8. The molecule has 2 aromatic rings. The monoisotopic (exact) mass is 330 g/mol. The molecule has 1 aromatic heterocycles. The van der Waals surface area contributed by atoms with Crippen LogP contribution in [0.25, 0.3) is 11.0 Å². The average molecular weight is 331 g/mol. The Kier molecular flexibility index (Phi) is 4.67. The summed E-state index contributed by atoms with van der Waals surface area (Å²) in [7, 11) is 0. The number of alkyl halides is 1. The van der Waals surface area contributed by atoms with Crippen LogP contribution in [0.5, 0.6) is 0 Å². The van der Waals surface area contributed by atoms with Crippen LogP contribution in [0.2, 0.25) is 5.02 Å². The Labute approximate surface area is 133 Å². The molecule has 1 fully saturated rings. The van der Waals surface area contributed by atoms with Crippen molar-refractivity contribution in [3.63, 3.8) is 0 Å². The smallest absolute Gasteiger partial charge is 0.144 e. The lowest BCUT2D eigenvalue weighted by Gasteiger charge is -2.23. The predicted octanol–water partition coefficient (Wildman–Crippen LogP) is 4.04. The number of benzene rings is 1. The SMILES string of the molecule is Fc1cc2nc(CCCl)n(CC3CCOCC3)c2cc1Cl. The van der Waals surface area contributed by atoms with Crippen molar-refractivity contribution in [3.8, 4) is 0 Å². The van der Waals surface area contributed by atoms with Crippen molar-refractivity contribution in [2.45, 2.75) is 25.8 Å². The number of aryl methyl sites for hydroxylation is 1. The van der Waals surface area contributed by atoms with Gasteiger partial charge in [0.15, 0.2) is 0 Å². The Morgan fingerprint density at radius 3 is 2.81 bits per heavy atom. The summed E-state index contributed by atoms with van der Waals surface area (Å²) in [4.78, 5) is 4.52. The zero-order valence-corrected chi connectivity index (χ0v) is 13.1. The fourth-order valence-electron chi connectivity index (χ4n) is 2.84. The van der Waals surface area contributed by atoms with Crippen molar-refractivity contribution in [1.82, 2.24) is 9.55 Å². The predicted molar refractivity (Wildman–Crippen MR) is 82.7 cm³/mol. The molecule has 6 heteroatoms. The Balaban J connectivity index is 2.00. The first-order valence-corrected chi connectivity index (χ1v) is 8.08. The zero-order chi connectivity index (χ0) is 14.8. The fourth-order valence-corrected chi connectivity index (χ4v) is 3.16. The summed E-state index contributed by atoms with van der Waals surface area (Å²) < 4.78 is 21.2. The summed E-state index contributed by atoms with van der Waals surface area (Å²) in [6.45, 7) is 2.46. The van der Waals surface area contributed by atoms with Crippen molar-refractivity contribution in [1.29, 1.82) is 0 Å². The molecule has 0 bridgehead atoms. The molecule has 0 radical (unpaired) electrons. The van der Waals surface area contributed by atoms with Crippen LogP contribution in [0.3, 0.4) is 0 Å². The normalized spacial score (nSPS) is 16.7. The van der Waals surface area contributed by atoms with E-state index in [0.29, 0.717) is 23.7 Å².